The van der Waals surface area contributed by atoms with Crippen molar-refractivity contribution in [2.45, 2.75) is 46.0 Å². The van der Waals surface area contributed by atoms with Crippen LogP contribution in [0.2, 0.25) is 0 Å². The van der Waals surface area contributed by atoms with Gasteiger partial charge in [-0.15, -0.1) is 0 Å². The number of methoxy groups -OCH3 is 1. The fourth-order valence-electron chi connectivity index (χ4n) is 2.23. The summed E-state index contributed by atoms with van der Waals surface area (Å²) in [5, 5.41) is 3.49. The Bertz CT molecular complexity index is 427. The Labute approximate surface area is 116 Å². The number of aryl methyl sites for hydroxylation is 1. The average Bonchev–Trinajstić information content (AvgIpc) is 3.14. The van der Waals surface area contributed by atoms with Gasteiger partial charge < -0.3 is 10.1 Å². The van der Waals surface area contributed by atoms with Crippen LogP contribution in [0.1, 0.15) is 50.5 Å². The summed E-state index contributed by atoms with van der Waals surface area (Å²) in [6.07, 6.45) is 3.73. The lowest BCUT2D eigenvalue weighted by atomic mass is 10.0. The van der Waals surface area contributed by atoms with E-state index in [1.165, 1.54) is 12.8 Å². The van der Waals surface area contributed by atoms with Gasteiger partial charge in [-0.1, -0.05) is 13.8 Å². The molecule has 1 heterocycles. The summed E-state index contributed by atoms with van der Waals surface area (Å²) in [5.41, 5.74) is 1.47. The minimum absolute atomic E-state index is 0.365. The monoisotopic (exact) mass is 263 g/mol. The van der Waals surface area contributed by atoms with E-state index in [1.807, 2.05) is 13.0 Å². The molecule has 1 N–H and O–H groups in total. The number of nitrogens with one attached hydrogen (secondary N) is 1. The van der Waals surface area contributed by atoms with Crippen LogP contribution in [-0.4, -0.2) is 30.2 Å². The first-order valence-corrected chi connectivity index (χ1v) is 7.13. The van der Waals surface area contributed by atoms with Crippen molar-refractivity contribution >= 4 is 5.82 Å². The molecule has 1 aliphatic carbocycles. The highest BCUT2D eigenvalue weighted by Gasteiger charge is 2.41. The number of ether oxygens (including phenoxy) is 1. The molecule has 1 fully saturated rings. The van der Waals surface area contributed by atoms with E-state index < -0.39 is 0 Å². The number of hydrogen-bond acceptors (Lipinski definition) is 4. The van der Waals surface area contributed by atoms with Gasteiger partial charge in [-0.25, -0.2) is 9.97 Å². The quantitative estimate of drug-likeness (QED) is 0.821. The van der Waals surface area contributed by atoms with Crippen LogP contribution in [0.15, 0.2) is 6.07 Å². The van der Waals surface area contributed by atoms with E-state index in [4.69, 9.17) is 4.74 Å². The minimum Gasteiger partial charge on any atom is -0.385 e. The molecule has 0 aliphatic heterocycles. The summed E-state index contributed by atoms with van der Waals surface area (Å²) in [6, 6.07) is 2.03. The van der Waals surface area contributed by atoms with Crippen molar-refractivity contribution in [2.75, 3.05) is 25.6 Å². The second kappa shape index (κ2) is 5.87. The zero-order valence-corrected chi connectivity index (χ0v) is 12.5. The van der Waals surface area contributed by atoms with Crippen LogP contribution in [0, 0.1) is 12.3 Å². The van der Waals surface area contributed by atoms with Crippen LogP contribution in [0.4, 0.5) is 5.82 Å². The Balaban J connectivity index is 1.96. The van der Waals surface area contributed by atoms with Crippen LogP contribution in [0.3, 0.4) is 0 Å². The largest absolute Gasteiger partial charge is 0.385 e. The van der Waals surface area contributed by atoms with Gasteiger partial charge in [0.25, 0.3) is 0 Å². The highest BCUT2D eigenvalue weighted by molar-refractivity contribution is 5.37. The van der Waals surface area contributed by atoms with Gasteiger partial charge in [-0.2, -0.15) is 0 Å². The molecule has 1 aliphatic rings. The van der Waals surface area contributed by atoms with Gasteiger partial charge in [0.1, 0.15) is 11.6 Å². The van der Waals surface area contributed by atoms with E-state index >= 15 is 0 Å². The van der Waals surface area contributed by atoms with E-state index in [0.717, 1.165) is 36.9 Å². The van der Waals surface area contributed by atoms with Gasteiger partial charge in [0.15, 0.2) is 0 Å². The summed E-state index contributed by atoms with van der Waals surface area (Å²) >= 11 is 0. The highest BCUT2D eigenvalue weighted by atomic mass is 16.5. The molecule has 0 saturated heterocycles. The molecule has 1 saturated carbocycles. The third kappa shape index (κ3) is 3.90. The maximum atomic E-state index is 5.19. The normalized spacial score (nSPS) is 16.7. The fourth-order valence-corrected chi connectivity index (χ4v) is 2.23. The number of nitrogens with zero attached hydrogens (tertiary/aromatic N) is 2. The van der Waals surface area contributed by atoms with Gasteiger partial charge in [-0.05, 0) is 31.6 Å². The molecule has 4 heteroatoms. The summed E-state index contributed by atoms with van der Waals surface area (Å²) in [6.45, 7) is 8.11. The summed E-state index contributed by atoms with van der Waals surface area (Å²) in [7, 11) is 1.77. The Kier molecular flexibility index (Phi) is 4.40. The first-order chi connectivity index (χ1) is 9.04. The van der Waals surface area contributed by atoms with Crippen LogP contribution >= 0.6 is 0 Å². The number of aromatic nitrogens is 2. The second-order valence-corrected chi connectivity index (χ2v) is 6.00. The lowest BCUT2D eigenvalue weighted by molar-refractivity contribution is 0.175. The molecule has 4 nitrogen and oxygen atoms in total. The first-order valence-electron chi connectivity index (χ1n) is 7.13. The Hall–Kier alpha value is -1.16. The average molecular weight is 263 g/mol. The topological polar surface area (TPSA) is 47.0 Å². The van der Waals surface area contributed by atoms with Gasteiger partial charge in [0.05, 0.1) is 0 Å². The van der Waals surface area contributed by atoms with Crippen LogP contribution < -0.4 is 5.32 Å². The molecule has 0 bridgehead atoms. The highest BCUT2D eigenvalue weighted by Crippen LogP contribution is 2.48. The molecule has 0 atom stereocenters. The third-order valence-corrected chi connectivity index (χ3v) is 3.83. The van der Waals surface area contributed by atoms with Crippen molar-refractivity contribution in [1.29, 1.82) is 0 Å². The fraction of sp³-hybridized carbons (Fsp3) is 0.733. The van der Waals surface area contributed by atoms with Crippen LogP contribution in [0.25, 0.3) is 0 Å². The van der Waals surface area contributed by atoms with Crippen molar-refractivity contribution in [3.8, 4) is 0 Å². The Morgan fingerprint density at radius 3 is 2.68 bits per heavy atom. The van der Waals surface area contributed by atoms with E-state index in [2.05, 4.69) is 29.1 Å². The first kappa shape index (κ1) is 14.3. The van der Waals surface area contributed by atoms with Gasteiger partial charge >= 0.3 is 0 Å². The molecule has 0 radical (unpaired) electrons. The molecule has 19 heavy (non-hydrogen) atoms. The lowest BCUT2D eigenvalue weighted by Crippen LogP contribution is -2.18. The van der Waals surface area contributed by atoms with Crippen LogP contribution in [-0.2, 0) is 4.74 Å². The molecule has 2 rings (SSSR count). The summed E-state index contributed by atoms with van der Waals surface area (Å²) in [4.78, 5) is 9.06. The predicted molar refractivity (Wildman–Crippen MR) is 77.5 cm³/mol. The van der Waals surface area contributed by atoms with Crippen molar-refractivity contribution in [3.05, 3.63) is 17.6 Å². The third-order valence-electron chi connectivity index (χ3n) is 3.83. The van der Waals surface area contributed by atoms with E-state index in [1.54, 1.807) is 7.11 Å². The van der Waals surface area contributed by atoms with E-state index in [9.17, 15) is 0 Å². The van der Waals surface area contributed by atoms with Gasteiger partial charge in [-0.3, -0.25) is 0 Å². The molecule has 106 valence electrons. The maximum absolute atomic E-state index is 5.19. The maximum Gasteiger partial charge on any atom is 0.133 e. The van der Waals surface area contributed by atoms with Crippen molar-refractivity contribution in [1.82, 2.24) is 9.97 Å². The van der Waals surface area contributed by atoms with Gasteiger partial charge in [0, 0.05) is 37.9 Å². The van der Waals surface area contributed by atoms with Crippen molar-refractivity contribution < 1.29 is 4.74 Å². The SMILES string of the molecule is COCCC1(CNc2cc(C)nc(C(C)C)n2)CC1. The standard InChI is InChI=1S/C15H25N3O/c1-11(2)14-17-12(3)9-13(18-14)16-10-15(5-6-15)7-8-19-4/h9,11H,5-8,10H2,1-4H3,(H,16,17,18). The molecule has 1 aromatic heterocycles. The zero-order valence-electron chi connectivity index (χ0n) is 12.5. The molecule has 0 unspecified atom stereocenters. The summed E-state index contributed by atoms with van der Waals surface area (Å²) < 4.78 is 5.19. The van der Waals surface area contributed by atoms with Crippen molar-refractivity contribution in [2.24, 2.45) is 5.41 Å². The molecule has 1 aromatic rings. The Morgan fingerprint density at radius 2 is 2.11 bits per heavy atom. The smallest absolute Gasteiger partial charge is 0.133 e. The Morgan fingerprint density at radius 1 is 1.37 bits per heavy atom. The second-order valence-electron chi connectivity index (χ2n) is 6.00. The molecule has 0 amide bonds. The molecule has 0 spiro atoms. The minimum atomic E-state index is 0.365. The predicted octanol–water partition coefficient (Wildman–Crippen LogP) is 3.14. The van der Waals surface area contributed by atoms with E-state index in [-0.39, 0.29) is 0 Å². The summed E-state index contributed by atoms with van der Waals surface area (Å²) in [5.74, 6) is 2.24. The molecular weight excluding hydrogens is 238 g/mol. The number of hydrogen-bond donors (Lipinski definition) is 1. The molecule has 0 aromatic carbocycles. The lowest BCUT2D eigenvalue weighted by Gasteiger charge is -2.17. The van der Waals surface area contributed by atoms with Gasteiger partial charge in [0.2, 0.25) is 0 Å². The molecular formula is C15H25N3O. The van der Waals surface area contributed by atoms with Crippen molar-refractivity contribution in [3.63, 3.8) is 0 Å². The number of anilines is 1. The zero-order chi connectivity index (χ0) is 13.9. The van der Waals surface area contributed by atoms with E-state index in [0.29, 0.717) is 11.3 Å². The van der Waals surface area contributed by atoms with Crippen LogP contribution in [0.5, 0.6) is 0 Å². The number of rotatable bonds is 7.